The Morgan fingerprint density at radius 2 is 1.74 bits per heavy atom. The van der Waals surface area contributed by atoms with Gasteiger partial charge in [-0.2, -0.15) is 0 Å². The molecule has 0 aliphatic rings. The zero-order valence-corrected chi connectivity index (χ0v) is 12.3. The minimum Gasteiger partial charge on any atom is -0.489 e. The molecule has 0 bridgehead atoms. The lowest BCUT2D eigenvalue weighted by Gasteiger charge is -2.12. The van der Waals surface area contributed by atoms with Crippen LogP contribution in [0.3, 0.4) is 0 Å². The molecule has 19 heavy (non-hydrogen) atoms. The normalized spacial score (nSPS) is 10.5. The van der Waals surface area contributed by atoms with E-state index >= 15 is 0 Å². The number of anilines is 1. The molecule has 2 aromatic rings. The van der Waals surface area contributed by atoms with Crippen molar-refractivity contribution in [2.75, 3.05) is 5.73 Å². The van der Waals surface area contributed by atoms with Crippen LogP contribution in [-0.2, 0) is 6.61 Å². The van der Waals surface area contributed by atoms with E-state index in [9.17, 15) is 0 Å². The lowest BCUT2D eigenvalue weighted by Crippen LogP contribution is -2.01. The molecule has 0 unspecified atom stereocenters. The third-order valence-electron chi connectivity index (χ3n) is 2.95. The highest BCUT2D eigenvalue weighted by atomic mass is 35.5. The molecule has 0 saturated carbocycles. The van der Waals surface area contributed by atoms with Gasteiger partial charge >= 0.3 is 0 Å². The first-order chi connectivity index (χ1) is 8.99. The molecule has 100 valence electrons. The molecule has 2 rings (SSSR count). The van der Waals surface area contributed by atoms with E-state index in [1.165, 1.54) is 0 Å². The third-order valence-corrected chi connectivity index (χ3v) is 3.90. The highest BCUT2D eigenvalue weighted by molar-refractivity contribution is 6.32. The first-order valence-corrected chi connectivity index (χ1v) is 6.67. The van der Waals surface area contributed by atoms with Gasteiger partial charge in [-0.3, -0.25) is 0 Å². The Kier molecular flexibility index (Phi) is 4.23. The molecule has 4 heteroatoms. The summed E-state index contributed by atoms with van der Waals surface area (Å²) in [5.74, 6) is 0.763. The van der Waals surface area contributed by atoms with Crippen molar-refractivity contribution in [1.29, 1.82) is 0 Å². The van der Waals surface area contributed by atoms with E-state index < -0.39 is 0 Å². The molecule has 0 aliphatic heterocycles. The molecule has 0 spiro atoms. The summed E-state index contributed by atoms with van der Waals surface area (Å²) in [5, 5.41) is 1.38. The highest BCUT2D eigenvalue weighted by Gasteiger charge is 2.07. The number of ether oxygens (including phenoxy) is 1. The number of hydrogen-bond acceptors (Lipinski definition) is 2. The minimum absolute atomic E-state index is 0.339. The van der Waals surface area contributed by atoms with Crippen LogP contribution in [0.2, 0.25) is 10.0 Å². The number of benzene rings is 2. The van der Waals surface area contributed by atoms with Crippen molar-refractivity contribution in [2.24, 2.45) is 0 Å². The maximum atomic E-state index is 6.12. The fourth-order valence-electron chi connectivity index (χ4n) is 1.87. The lowest BCUT2D eigenvalue weighted by molar-refractivity contribution is 0.306. The van der Waals surface area contributed by atoms with E-state index in [0.717, 1.165) is 27.5 Å². The summed E-state index contributed by atoms with van der Waals surface area (Å²) in [6.45, 7) is 4.24. The van der Waals surface area contributed by atoms with Gasteiger partial charge in [-0.25, -0.2) is 0 Å². The third kappa shape index (κ3) is 3.14. The number of nitrogens with two attached hydrogens (primary N) is 1. The van der Waals surface area contributed by atoms with Gasteiger partial charge in [-0.15, -0.1) is 0 Å². The highest BCUT2D eigenvalue weighted by Crippen LogP contribution is 2.28. The number of halogens is 2. The minimum atomic E-state index is 0.339. The Bertz CT molecular complexity index is 568. The zero-order chi connectivity index (χ0) is 14.0. The summed E-state index contributed by atoms with van der Waals surface area (Å²) >= 11 is 12.2. The van der Waals surface area contributed by atoms with Crippen LogP contribution in [0.4, 0.5) is 5.69 Å². The van der Waals surface area contributed by atoms with Gasteiger partial charge in [0.2, 0.25) is 0 Å². The summed E-state index contributed by atoms with van der Waals surface area (Å²) in [5.41, 5.74) is 9.30. The average Bonchev–Trinajstić information content (AvgIpc) is 2.35. The molecule has 2 nitrogen and oxygen atoms in total. The molecule has 2 aromatic carbocycles. The molecule has 0 fully saturated rings. The molecule has 0 aromatic heterocycles. The quantitative estimate of drug-likeness (QED) is 0.828. The van der Waals surface area contributed by atoms with Crippen molar-refractivity contribution in [3.05, 3.63) is 57.1 Å². The van der Waals surface area contributed by atoms with Gasteiger partial charge in [0, 0.05) is 21.3 Å². The Balaban J connectivity index is 2.19. The molecule has 0 radical (unpaired) electrons. The molecule has 0 heterocycles. The van der Waals surface area contributed by atoms with Crippen LogP contribution in [0.5, 0.6) is 5.75 Å². The van der Waals surface area contributed by atoms with E-state index in [2.05, 4.69) is 0 Å². The summed E-state index contributed by atoms with van der Waals surface area (Å²) in [4.78, 5) is 0. The summed E-state index contributed by atoms with van der Waals surface area (Å²) in [6.07, 6.45) is 0. The number of hydrogen-bond donors (Lipinski definition) is 1. The van der Waals surface area contributed by atoms with Crippen molar-refractivity contribution in [3.8, 4) is 5.75 Å². The number of aryl methyl sites for hydroxylation is 2. The Morgan fingerprint density at radius 3 is 2.32 bits per heavy atom. The number of nitrogen functional groups attached to an aromatic ring is 1. The molecule has 2 N–H and O–H groups in total. The molecule has 0 aliphatic carbocycles. The van der Waals surface area contributed by atoms with Crippen molar-refractivity contribution in [1.82, 2.24) is 0 Å². The molecular weight excluding hydrogens is 281 g/mol. The maximum absolute atomic E-state index is 6.12. The van der Waals surface area contributed by atoms with E-state index in [1.54, 1.807) is 6.07 Å². The van der Waals surface area contributed by atoms with Crippen molar-refractivity contribution < 1.29 is 4.74 Å². The molecule has 0 saturated heterocycles. The lowest BCUT2D eigenvalue weighted by atomic mass is 10.1. The van der Waals surface area contributed by atoms with Crippen molar-refractivity contribution in [2.45, 2.75) is 20.5 Å². The van der Waals surface area contributed by atoms with E-state index in [1.807, 2.05) is 38.1 Å². The van der Waals surface area contributed by atoms with Crippen molar-refractivity contribution >= 4 is 28.9 Å². The van der Waals surface area contributed by atoms with E-state index in [0.29, 0.717) is 17.3 Å². The summed E-state index contributed by atoms with van der Waals surface area (Å²) < 4.78 is 5.75. The van der Waals surface area contributed by atoms with Crippen LogP contribution in [-0.4, -0.2) is 0 Å². The van der Waals surface area contributed by atoms with Crippen LogP contribution < -0.4 is 10.5 Å². The first-order valence-electron chi connectivity index (χ1n) is 5.91. The van der Waals surface area contributed by atoms with Crippen molar-refractivity contribution in [3.63, 3.8) is 0 Å². The van der Waals surface area contributed by atoms with E-state index in [-0.39, 0.29) is 0 Å². The predicted octanol–water partition coefficient (Wildman–Crippen LogP) is 4.77. The Hall–Kier alpha value is -1.38. The predicted molar refractivity (Wildman–Crippen MR) is 81.1 cm³/mol. The fraction of sp³-hybridized carbons (Fsp3) is 0.200. The van der Waals surface area contributed by atoms with Gasteiger partial charge in [0.1, 0.15) is 12.4 Å². The second kappa shape index (κ2) is 5.72. The van der Waals surface area contributed by atoms with E-state index in [4.69, 9.17) is 33.7 Å². The largest absolute Gasteiger partial charge is 0.489 e. The van der Waals surface area contributed by atoms with Crippen LogP contribution in [0.1, 0.15) is 16.7 Å². The van der Waals surface area contributed by atoms with Crippen LogP contribution in [0.25, 0.3) is 0 Å². The standard InChI is InChI=1S/C15H15Cl2NO/c1-9-6-11(7-10(2)15(9)17)19-8-12-13(16)4-3-5-14(12)18/h3-7H,8,18H2,1-2H3. The van der Waals surface area contributed by atoms with Gasteiger partial charge in [-0.05, 0) is 49.2 Å². The number of rotatable bonds is 3. The topological polar surface area (TPSA) is 35.2 Å². The first kappa shape index (κ1) is 14.0. The molecular formula is C15H15Cl2NO. The van der Waals surface area contributed by atoms with Gasteiger partial charge in [0.25, 0.3) is 0 Å². The second-order valence-electron chi connectivity index (χ2n) is 4.47. The van der Waals surface area contributed by atoms with Gasteiger partial charge in [0.05, 0.1) is 0 Å². The second-order valence-corrected chi connectivity index (χ2v) is 5.25. The van der Waals surface area contributed by atoms with Crippen LogP contribution in [0, 0.1) is 13.8 Å². The zero-order valence-electron chi connectivity index (χ0n) is 10.8. The Labute approximate surface area is 123 Å². The van der Waals surface area contributed by atoms with Crippen LogP contribution >= 0.6 is 23.2 Å². The van der Waals surface area contributed by atoms with Crippen LogP contribution in [0.15, 0.2) is 30.3 Å². The fourth-order valence-corrected chi connectivity index (χ4v) is 2.22. The van der Waals surface area contributed by atoms with Gasteiger partial charge in [0.15, 0.2) is 0 Å². The maximum Gasteiger partial charge on any atom is 0.120 e. The average molecular weight is 296 g/mol. The van der Waals surface area contributed by atoms with Gasteiger partial charge < -0.3 is 10.5 Å². The summed E-state index contributed by atoms with van der Waals surface area (Å²) in [7, 11) is 0. The molecule has 0 atom stereocenters. The summed E-state index contributed by atoms with van der Waals surface area (Å²) in [6, 6.07) is 9.24. The monoisotopic (exact) mass is 295 g/mol. The van der Waals surface area contributed by atoms with Gasteiger partial charge in [-0.1, -0.05) is 29.3 Å². The smallest absolute Gasteiger partial charge is 0.120 e. The SMILES string of the molecule is Cc1cc(OCc2c(N)cccc2Cl)cc(C)c1Cl. The molecule has 0 amide bonds. The Morgan fingerprint density at radius 1 is 1.11 bits per heavy atom.